The van der Waals surface area contributed by atoms with Crippen LogP contribution >= 0.6 is 0 Å². The molecule has 0 saturated carbocycles. The van der Waals surface area contributed by atoms with Crippen molar-refractivity contribution in [2.75, 3.05) is 53.0 Å². The molecule has 3 fully saturated rings. The van der Waals surface area contributed by atoms with E-state index >= 15 is 0 Å². The van der Waals surface area contributed by atoms with Crippen LogP contribution in [0.1, 0.15) is 85.0 Å². The second-order valence-electron chi connectivity index (χ2n) is 10.9. The maximum Gasteiger partial charge on any atom is 0.407 e. The van der Waals surface area contributed by atoms with Gasteiger partial charge in [0.1, 0.15) is 12.7 Å². The number of alkyl carbamates (subject to hydrolysis) is 1. The van der Waals surface area contributed by atoms with Gasteiger partial charge in [0.25, 0.3) is 0 Å². The fourth-order valence-corrected chi connectivity index (χ4v) is 5.48. The smallest absolute Gasteiger partial charge is 0.407 e. The van der Waals surface area contributed by atoms with Crippen molar-refractivity contribution in [3.05, 3.63) is 0 Å². The molecule has 0 unspecified atom stereocenters. The van der Waals surface area contributed by atoms with Gasteiger partial charge in [-0.1, -0.05) is 51.9 Å². The first-order chi connectivity index (χ1) is 17.4. The number of unbranched alkanes of at least 4 members (excludes halogenated alkanes) is 7. The SMILES string of the molecule is CCCCCCCCCCOC[C@@]12O[C@@H](CNCCN3CCCC3)[C@@H](OC(=O)NC)[C@@H]1OC(C)(C)O2. The highest BCUT2D eigenvalue weighted by Gasteiger charge is 2.66. The molecule has 2 N–H and O–H groups in total. The van der Waals surface area contributed by atoms with Crippen LogP contribution in [0.25, 0.3) is 0 Å². The number of carbonyl (C=O) groups excluding carboxylic acids is 1. The average Bonchev–Trinajstić information content (AvgIpc) is 3.52. The zero-order valence-corrected chi connectivity index (χ0v) is 23.1. The van der Waals surface area contributed by atoms with Gasteiger partial charge in [-0.2, -0.15) is 0 Å². The molecule has 0 aliphatic carbocycles. The Bertz CT molecular complexity index is 645. The highest BCUT2D eigenvalue weighted by atomic mass is 16.9. The maximum absolute atomic E-state index is 12.2. The van der Waals surface area contributed by atoms with Crippen LogP contribution in [0.2, 0.25) is 0 Å². The number of nitrogens with zero attached hydrogens (tertiary/aromatic N) is 1. The van der Waals surface area contributed by atoms with Gasteiger partial charge in [0.15, 0.2) is 18.0 Å². The molecule has 0 spiro atoms. The third kappa shape index (κ3) is 8.81. The monoisotopic (exact) mass is 513 g/mol. The van der Waals surface area contributed by atoms with Crippen molar-refractivity contribution < 1.29 is 28.5 Å². The van der Waals surface area contributed by atoms with Crippen molar-refractivity contribution in [2.24, 2.45) is 0 Å². The van der Waals surface area contributed by atoms with Crippen molar-refractivity contribution in [1.82, 2.24) is 15.5 Å². The summed E-state index contributed by atoms with van der Waals surface area (Å²) in [6.07, 6.45) is 10.5. The van der Waals surface area contributed by atoms with E-state index in [0.717, 1.165) is 25.9 Å². The summed E-state index contributed by atoms with van der Waals surface area (Å²) in [5, 5.41) is 6.03. The topological polar surface area (TPSA) is 90.5 Å². The van der Waals surface area contributed by atoms with Crippen LogP contribution in [0.4, 0.5) is 4.79 Å². The molecule has 0 bridgehead atoms. The lowest BCUT2D eigenvalue weighted by molar-refractivity contribution is -0.277. The van der Waals surface area contributed by atoms with Gasteiger partial charge in [-0.25, -0.2) is 4.79 Å². The van der Waals surface area contributed by atoms with Gasteiger partial charge in [-0.15, -0.1) is 0 Å². The molecule has 9 heteroatoms. The summed E-state index contributed by atoms with van der Waals surface area (Å²) in [6, 6.07) is 0. The van der Waals surface area contributed by atoms with Gasteiger partial charge in [0, 0.05) is 33.3 Å². The fraction of sp³-hybridized carbons (Fsp3) is 0.963. The Morgan fingerprint density at radius 1 is 1.03 bits per heavy atom. The van der Waals surface area contributed by atoms with E-state index in [0.29, 0.717) is 13.2 Å². The molecule has 3 aliphatic heterocycles. The van der Waals surface area contributed by atoms with Crippen molar-refractivity contribution in [3.63, 3.8) is 0 Å². The van der Waals surface area contributed by atoms with E-state index in [4.69, 9.17) is 23.7 Å². The summed E-state index contributed by atoms with van der Waals surface area (Å²) in [6.45, 7) is 11.6. The molecule has 3 heterocycles. The maximum atomic E-state index is 12.2. The van der Waals surface area contributed by atoms with Gasteiger partial charge in [0.2, 0.25) is 5.79 Å². The molecule has 0 aromatic heterocycles. The molecule has 3 saturated heterocycles. The van der Waals surface area contributed by atoms with Crippen LogP contribution in [0.3, 0.4) is 0 Å². The standard InChI is InChI=1S/C27H51N3O6/c1-5-6-7-8-9-10-11-14-19-32-21-27-24(35-26(2,3)36-27)23(33-25(31)28-4)22(34-27)20-29-15-18-30-16-12-13-17-30/h22-24,29H,5-21H2,1-4H3,(H,28,31)/t22-,23+,24-,27-/m0/s1. The second kappa shape index (κ2) is 14.8. The molecular weight excluding hydrogens is 462 g/mol. The number of likely N-dealkylation sites (tertiary alicyclic amines) is 1. The Balaban J connectivity index is 1.49. The highest BCUT2D eigenvalue weighted by Crippen LogP contribution is 2.46. The lowest BCUT2D eigenvalue weighted by Crippen LogP contribution is -2.46. The lowest BCUT2D eigenvalue weighted by Gasteiger charge is -2.29. The average molecular weight is 514 g/mol. The van der Waals surface area contributed by atoms with Crippen LogP contribution < -0.4 is 10.6 Å². The third-order valence-electron chi connectivity index (χ3n) is 7.32. The second-order valence-corrected chi connectivity index (χ2v) is 10.9. The summed E-state index contributed by atoms with van der Waals surface area (Å²) in [4.78, 5) is 14.6. The predicted molar refractivity (Wildman–Crippen MR) is 139 cm³/mol. The van der Waals surface area contributed by atoms with E-state index in [9.17, 15) is 4.79 Å². The van der Waals surface area contributed by atoms with Crippen LogP contribution in [0.15, 0.2) is 0 Å². The number of ether oxygens (including phenoxy) is 5. The molecule has 1 amide bonds. The molecule has 0 radical (unpaired) electrons. The largest absolute Gasteiger partial charge is 0.440 e. The summed E-state index contributed by atoms with van der Waals surface area (Å²) >= 11 is 0. The zero-order valence-electron chi connectivity index (χ0n) is 23.1. The molecule has 210 valence electrons. The number of rotatable bonds is 17. The molecule has 3 aliphatic rings. The quantitative estimate of drug-likeness (QED) is 0.284. The Labute approximate surface area is 218 Å². The van der Waals surface area contributed by atoms with E-state index < -0.39 is 36.0 Å². The van der Waals surface area contributed by atoms with Gasteiger partial charge in [-0.05, 0) is 46.2 Å². The van der Waals surface area contributed by atoms with Gasteiger partial charge in [0.05, 0.1) is 0 Å². The fourth-order valence-electron chi connectivity index (χ4n) is 5.48. The Morgan fingerprint density at radius 3 is 2.42 bits per heavy atom. The van der Waals surface area contributed by atoms with Crippen molar-refractivity contribution >= 4 is 6.09 Å². The van der Waals surface area contributed by atoms with Crippen LogP contribution in [-0.4, -0.2) is 93.9 Å². The first-order valence-electron chi connectivity index (χ1n) is 14.3. The highest BCUT2D eigenvalue weighted by molar-refractivity contribution is 5.67. The Morgan fingerprint density at radius 2 is 1.72 bits per heavy atom. The minimum Gasteiger partial charge on any atom is -0.440 e. The number of hydrogen-bond acceptors (Lipinski definition) is 8. The third-order valence-corrected chi connectivity index (χ3v) is 7.32. The van der Waals surface area contributed by atoms with E-state index in [1.807, 2.05) is 13.8 Å². The number of fused-ring (bicyclic) bond motifs is 1. The normalized spacial score (nSPS) is 29.5. The lowest BCUT2D eigenvalue weighted by atomic mass is 10.1. The summed E-state index contributed by atoms with van der Waals surface area (Å²) in [5.41, 5.74) is 0. The van der Waals surface area contributed by atoms with Crippen LogP contribution in [0, 0.1) is 0 Å². The summed E-state index contributed by atoms with van der Waals surface area (Å²) in [7, 11) is 1.55. The number of carbonyl (C=O) groups is 1. The van der Waals surface area contributed by atoms with Crippen LogP contribution in [0.5, 0.6) is 0 Å². The van der Waals surface area contributed by atoms with Crippen molar-refractivity contribution in [3.8, 4) is 0 Å². The van der Waals surface area contributed by atoms with Gasteiger partial charge >= 0.3 is 6.09 Å². The minimum absolute atomic E-state index is 0.246. The number of nitrogens with one attached hydrogen (secondary N) is 2. The Kier molecular flexibility index (Phi) is 12.2. The van der Waals surface area contributed by atoms with Crippen molar-refractivity contribution in [1.29, 1.82) is 0 Å². The molecule has 0 aromatic carbocycles. The van der Waals surface area contributed by atoms with Crippen LogP contribution in [-0.2, 0) is 23.7 Å². The first-order valence-corrected chi connectivity index (χ1v) is 14.3. The van der Waals surface area contributed by atoms with E-state index in [1.165, 1.54) is 64.5 Å². The number of hydrogen-bond donors (Lipinski definition) is 2. The summed E-state index contributed by atoms with van der Waals surface area (Å²) in [5.74, 6) is -1.95. The first kappa shape index (κ1) is 29.6. The molecule has 9 nitrogen and oxygen atoms in total. The van der Waals surface area contributed by atoms with Gasteiger partial charge in [-0.3, -0.25) is 0 Å². The zero-order chi connectivity index (χ0) is 25.9. The minimum atomic E-state index is -1.09. The molecule has 3 rings (SSSR count). The molecule has 4 atom stereocenters. The molecule has 0 aromatic rings. The van der Waals surface area contributed by atoms with Gasteiger partial charge < -0.3 is 39.2 Å². The summed E-state index contributed by atoms with van der Waals surface area (Å²) < 4.78 is 30.8. The van der Waals surface area contributed by atoms with Crippen molar-refractivity contribution in [2.45, 2.75) is 115 Å². The van der Waals surface area contributed by atoms with E-state index in [1.54, 1.807) is 7.05 Å². The Hall–Kier alpha value is -0.970. The van der Waals surface area contributed by atoms with E-state index in [-0.39, 0.29) is 6.61 Å². The van der Waals surface area contributed by atoms with E-state index in [2.05, 4.69) is 22.5 Å². The predicted octanol–water partition coefficient (Wildman–Crippen LogP) is 3.80. The molecule has 36 heavy (non-hydrogen) atoms. The molecular formula is C27H51N3O6. The number of amides is 1.